The van der Waals surface area contributed by atoms with Crippen LogP contribution in [0.3, 0.4) is 0 Å². The van der Waals surface area contributed by atoms with Crippen LogP contribution in [0.25, 0.3) is 5.69 Å². The van der Waals surface area contributed by atoms with E-state index in [0.717, 1.165) is 36.1 Å². The predicted octanol–water partition coefficient (Wildman–Crippen LogP) is 4.16. The Labute approximate surface area is 153 Å². The number of carbonyl (C=O) groups excluding carboxylic acids is 1. The molecule has 1 heterocycles. The Balaban J connectivity index is 1.64. The van der Waals surface area contributed by atoms with E-state index in [2.05, 4.69) is 29.5 Å². The molecule has 4 rings (SSSR count). The quantitative estimate of drug-likeness (QED) is 0.772. The van der Waals surface area contributed by atoms with E-state index in [1.54, 1.807) is 0 Å². The maximum absolute atomic E-state index is 13.0. The van der Waals surface area contributed by atoms with Crippen molar-refractivity contribution in [2.24, 2.45) is 0 Å². The Morgan fingerprint density at radius 3 is 2.58 bits per heavy atom. The van der Waals surface area contributed by atoms with Crippen LogP contribution in [0.15, 0.2) is 54.6 Å². The Bertz CT molecular complexity index is 943. The van der Waals surface area contributed by atoms with Crippen LogP contribution < -0.4 is 5.32 Å². The van der Waals surface area contributed by atoms with Gasteiger partial charge in [0.15, 0.2) is 5.69 Å². The van der Waals surface area contributed by atoms with Crippen LogP contribution in [-0.2, 0) is 12.8 Å². The first-order chi connectivity index (χ1) is 12.6. The van der Waals surface area contributed by atoms with Crippen molar-refractivity contribution < 1.29 is 4.79 Å². The zero-order chi connectivity index (χ0) is 18.1. The molecule has 0 saturated heterocycles. The van der Waals surface area contributed by atoms with E-state index in [0.29, 0.717) is 5.69 Å². The molecule has 0 spiro atoms. The second-order valence-corrected chi connectivity index (χ2v) is 6.93. The van der Waals surface area contributed by atoms with Gasteiger partial charge >= 0.3 is 0 Å². The van der Waals surface area contributed by atoms with Gasteiger partial charge in [0.2, 0.25) is 0 Å². The van der Waals surface area contributed by atoms with Gasteiger partial charge in [0, 0.05) is 11.3 Å². The van der Waals surface area contributed by atoms with Gasteiger partial charge in [-0.1, -0.05) is 42.5 Å². The van der Waals surface area contributed by atoms with E-state index in [1.807, 2.05) is 54.1 Å². The highest BCUT2D eigenvalue weighted by atomic mass is 16.2. The number of rotatable bonds is 4. The fourth-order valence-electron chi connectivity index (χ4n) is 3.82. The van der Waals surface area contributed by atoms with Crippen LogP contribution in [-0.4, -0.2) is 15.7 Å². The summed E-state index contributed by atoms with van der Waals surface area (Å²) < 4.78 is 1.94. The molecule has 132 valence electrons. The molecule has 2 aromatic carbocycles. The molecule has 0 radical (unpaired) electrons. The van der Waals surface area contributed by atoms with Crippen molar-refractivity contribution in [3.8, 4) is 5.69 Å². The summed E-state index contributed by atoms with van der Waals surface area (Å²) >= 11 is 0. The molecule has 3 aromatic rings. The summed E-state index contributed by atoms with van der Waals surface area (Å²) in [7, 11) is 0. The highest BCUT2D eigenvalue weighted by Gasteiger charge is 2.27. The molecule has 1 aliphatic rings. The number of hydrogen-bond acceptors (Lipinski definition) is 2. The second-order valence-electron chi connectivity index (χ2n) is 6.93. The van der Waals surface area contributed by atoms with E-state index in [-0.39, 0.29) is 11.9 Å². The highest BCUT2D eigenvalue weighted by molar-refractivity contribution is 5.94. The number of aromatic nitrogens is 2. The summed E-state index contributed by atoms with van der Waals surface area (Å²) in [6, 6.07) is 18.2. The fourth-order valence-corrected chi connectivity index (χ4v) is 3.82. The molecule has 0 aliphatic heterocycles. The molecule has 0 bridgehead atoms. The van der Waals surface area contributed by atoms with Crippen molar-refractivity contribution in [2.45, 2.75) is 39.2 Å². The smallest absolute Gasteiger partial charge is 0.272 e. The van der Waals surface area contributed by atoms with Crippen molar-refractivity contribution in [3.05, 3.63) is 82.7 Å². The lowest BCUT2D eigenvalue weighted by Crippen LogP contribution is -2.28. The van der Waals surface area contributed by atoms with Gasteiger partial charge in [0.05, 0.1) is 11.7 Å². The van der Waals surface area contributed by atoms with Crippen LogP contribution in [0.5, 0.6) is 0 Å². The summed E-state index contributed by atoms with van der Waals surface area (Å²) in [4.78, 5) is 13.0. The monoisotopic (exact) mass is 345 g/mol. The molecule has 1 N–H and O–H groups in total. The number of para-hydroxylation sites is 1. The largest absolute Gasteiger partial charge is 0.344 e. The van der Waals surface area contributed by atoms with Crippen molar-refractivity contribution in [1.82, 2.24) is 15.1 Å². The molecule has 0 saturated carbocycles. The zero-order valence-electron chi connectivity index (χ0n) is 15.2. The predicted molar refractivity (Wildman–Crippen MR) is 103 cm³/mol. The number of benzene rings is 2. The molecule has 0 fully saturated rings. The Kier molecular flexibility index (Phi) is 4.33. The fraction of sp³-hybridized carbons (Fsp3) is 0.273. The summed E-state index contributed by atoms with van der Waals surface area (Å²) in [5.74, 6) is -0.0893. The van der Waals surface area contributed by atoms with Crippen molar-refractivity contribution in [3.63, 3.8) is 0 Å². The summed E-state index contributed by atoms with van der Waals surface area (Å²) in [5, 5.41) is 7.81. The van der Waals surface area contributed by atoms with Crippen LogP contribution in [0.1, 0.15) is 52.3 Å². The number of aryl methyl sites for hydroxylation is 1. The number of nitrogens with one attached hydrogen (secondary N) is 1. The van der Waals surface area contributed by atoms with E-state index in [9.17, 15) is 4.79 Å². The van der Waals surface area contributed by atoms with E-state index >= 15 is 0 Å². The summed E-state index contributed by atoms with van der Waals surface area (Å²) in [6.45, 7) is 4.09. The van der Waals surface area contributed by atoms with Crippen LogP contribution in [0, 0.1) is 6.92 Å². The number of carbonyl (C=O) groups is 1. The van der Waals surface area contributed by atoms with Crippen molar-refractivity contribution >= 4 is 5.91 Å². The third-order valence-electron chi connectivity index (χ3n) is 5.15. The van der Waals surface area contributed by atoms with Gasteiger partial charge < -0.3 is 5.32 Å². The first-order valence-corrected chi connectivity index (χ1v) is 9.17. The minimum absolute atomic E-state index is 0.0531. The van der Waals surface area contributed by atoms with Crippen LogP contribution >= 0.6 is 0 Å². The van der Waals surface area contributed by atoms with Gasteiger partial charge in [-0.05, 0) is 56.4 Å². The molecule has 4 nitrogen and oxygen atoms in total. The molecule has 1 unspecified atom stereocenters. The number of amides is 1. The Morgan fingerprint density at radius 1 is 1.08 bits per heavy atom. The van der Waals surface area contributed by atoms with Gasteiger partial charge in [0.25, 0.3) is 5.91 Å². The zero-order valence-corrected chi connectivity index (χ0v) is 15.2. The molecular weight excluding hydrogens is 322 g/mol. The standard InChI is InChI=1S/C22H23N3O/c1-15-9-6-7-12-18(15)16(2)23-22(26)21-19-13-8-14-20(19)25(24-21)17-10-4-3-5-11-17/h3-7,9-12,16H,8,13-14H2,1-2H3,(H,23,26). The average molecular weight is 345 g/mol. The van der Waals surface area contributed by atoms with E-state index in [1.165, 1.54) is 11.3 Å². The topological polar surface area (TPSA) is 46.9 Å². The minimum atomic E-state index is -0.0893. The summed E-state index contributed by atoms with van der Waals surface area (Å²) in [6.07, 6.45) is 2.97. The molecule has 1 aromatic heterocycles. The van der Waals surface area contributed by atoms with Gasteiger partial charge in [-0.25, -0.2) is 4.68 Å². The molecule has 26 heavy (non-hydrogen) atoms. The summed E-state index contributed by atoms with van der Waals surface area (Å²) in [5.41, 5.74) is 6.17. The van der Waals surface area contributed by atoms with Crippen molar-refractivity contribution in [1.29, 1.82) is 0 Å². The maximum atomic E-state index is 13.0. The van der Waals surface area contributed by atoms with Gasteiger partial charge in [-0.2, -0.15) is 5.10 Å². The third kappa shape index (κ3) is 2.92. The average Bonchev–Trinajstić information content (AvgIpc) is 3.25. The number of fused-ring (bicyclic) bond motifs is 1. The van der Waals surface area contributed by atoms with Gasteiger partial charge in [-0.15, -0.1) is 0 Å². The second kappa shape index (κ2) is 6.79. The Hall–Kier alpha value is -2.88. The molecule has 4 heteroatoms. The first-order valence-electron chi connectivity index (χ1n) is 9.17. The van der Waals surface area contributed by atoms with Crippen LogP contribution in [0.4, 0.5) is 0 Å². The molecule has 1 atom stereocenters. The first kappa shape index (κ1) is 16.6. The lowest BCUT2D eigenvalue weighted by atomic mass is 10.0. The Morgan fingerprint density at radius 2 is 1.81 bits per heavy atom. The van der Waals surface area contributed by atoms with Gasteiger partial charge in [0.1, 0.15) is 0 Å². The van der Waals surface area contributed by atoms with E-state index in [4.69, 9.17) is 0 Å². The number of nitrogens with zero attached hydrogens (tertiary/aromatic N) is 2. The van der Waals surface area contributed by atoms with Crippen molar-refractivity contribution in [2.75, 3.05) is 0 Å². The molecule has 1 amide bonds. The normalized spacial score (nSPS) is 14.1. The minimum Gasteiger partial charge on any atom is -0.344 e. The highest BCUT2D eigenvalue weighted by Crippen LogP contribution is 2.28. The SMILES string of the molecule is Cc1ccccc1C(C)NC(=O)c1nn(-c2ccccc2)c2c1CCC2. The lowest BCUT2D eigenvalue weighted by Gasteiger charge is -2.16. The van der Waals surface area contributed by atoms with Gasteiger partial charge in [-0.3, -0.25) is 4.79 Å². The number of hydrogen-bond donors (Lipinski definition) is 1. The molecular formula is C22H23N3O. The van der Waals surface area contributed by atoms with E-state index < -0.39 is 0 Å². The molecule has 1 aliphatic carbocycles. The van der Waals surface area contributed by atoms with Crippen LogP contribution in [0.2, 0.25) is 0 Å². The third-order valence-corrected chi connectivity index (χ3v) is 5.15. The lowest BCUT2D eigenvalue weighted by molar-refractivity contribution is 0.0933. The maximum Gasteiger partial charge on any atom is 0.272 e.